The SMILES string of the molecule is CCCCc1cc(C(C)N)on1. The van der Waals surface area contributed by atoms with E-state index in [4.69, 9.17) is 10.3 Å². The Balaban J connectivity index is 2.52. The molecule has 1 rings (SSSR count). The first-order valence-electron chi connectivity index (χ1n) is 4.45. The first kappa shape index (κ1) is 9.26. The lowest BCUT2D eigenvalue weighted by molar-refractivity contribution is 0.362. The van der Waals surface area contributed by atoms with Crippen LogP contribution in [0.4, 0.5) is 0 Å². The maximum Gasteiger partial charge on any atom is 0.153 e. The second kappa shape index (κ2) is 4.26. The van der Waals surface area contributed by atoms with Crippen molar-refractivity contribution >= 4 is 0 Å². The van der Waals surface area contributed by atoms with Gasteiger partial charge in [-0.05, 0) is 19.8 Å². The van der Waals surface area contributed by atoms with E-state index in [0.717, 1.165) is 24.3 Å². The van der Waals surface area contributed by atoms with E-state index in [-0.39, 0.29) is 6.04 Å². The van der Waals surface area contributed by atoms with Gasteiger partial charge in [0.05, 0.1) is 11.7 Å². The lowest BCUT2D eigenvalue weighted by Gasteiger charge is -1.94. The van der Waals surface area contributed by atoms with Crippen molar-refractivity contribution in [2.75, 3.05) is 0 Å². The minimum Gasteiger partial charge on any atom is -0.359 e. The molecule has 0 aliphatic rings. The molecule has 2 N–H and O–H groups in total. The van der Waals surface area contributed by atoms with E-state index < -0.39 is 0 Å². The van der Waals surface area contributed by atoms with Gasteiger partial charge < -0.3 is 10.3 Å². The average molecular weight is 168 g/mol. The number of nitrogens with zero attached hydrogens (tertiary/aromatic N) is 1. The normalized spacial score (nSPS) is 13.2. The molecule has 0 fully saturated rings. The highest BCUT2D eigenvalue weighted by molar-refractivity contribution is 5.08. The Morgan fingerprint density at radius 1 is 1.67 bits per heavy atom. The topological polar surface area (TPSA) is 52.0 Å². The van der Waals surface area contributed by atoms with Crippen LogP contribution in [0.1, 0.15) is 44.2 Å². The molecule has 1 aromatic rings. The van der Waals surface area contributed by atoms with Gasteiger partial charge in [0.25, 0.3) is 0 Å². The molecule has 1 aromatic heterocycles. The standard InChI is InChI=1S/C9H16N2O/c1-3-4-5-8-6-9(7(2)10)12-11-8/h6-7H,3-5,10H2,1-2H3. The minimum atomic E-state index is -0.0483. The fourth-order valence-electron chi connectivity index (χ4n) is 1.02. The Morgan fingerprint density at radius 2 is 2.42 bits per heavy atom. The van der Waals surface area contributed by atoms with Crippen LogP contribution in [0.25, 0.3) is 0 Å². The van der Waals surface area contributed by atoms with Crippen molar-refractivity contribution in [2.45, 2.75) is 39.2 Å². The van der Waals surface area contributed by atoms with Crippen LogP contribution >= 0.6 is 0 Å². The molecule has 0 saturated carbocycles. The molecule has 1 unspecified atom stereocenters. The molecule has 0 radical (unpaired) electrons. The fraction of sp³-hybridized carbons (Fsp3) is 0.667. The quantitative estimate of drug-likeness (QED) is 0.748. The van der Waals surface area contributed by atoms with Crippen molar-refractivity contribution in [3.8, 4) is 0 Å². The van der Waals surface area contributed by atoms with Crippen LogP contribution in [0.5, 0.6) is 0 Å². The summed E-state index contributed by atoms with van der Waals surface area (Å²) < 4.78 is 5.05. The van der Waals surface area contributed by atoms with E-state index >= 15 is 0 Å². The number of rotatable bonds is 4. The number of nitrogens with two attached hydrogens (primary N) is 1. The van der Waals surface area contributed by atoms with Gasteiger partial charge >= 0.3 is 0 Å². The van der Waals surface area contributed by atoms with Crippen LogP contribution < -0.4 is 5.73 Å². The summed E-state index contributed by atoms with van der Waals surface area (Å²) in [5.74, 6) is 0.779. The third kappa shape index (κ3) is 2.34. The third-order valence-electron chi connectivity index (χ3n) is 1.81. The van der Waals surface area contributed by atoms with E-state index in [0.29, 0.717) is 0 Å². The molecule has 1 heterocycles. The van der Waals surface area contributed by atoms with E-state index in [1.165, 1.54) is 6.42 Å². The third-order valence-corrected chi connectivity index (χ3v) is 1.81. The monoisotopic (exact) mass is 168 g/mol. The Kier molecular flexibility index (Phi) is 3.29. The highest BCUT2D eigenvalue weighted by atomic mass is 16.5. The summed E-state index contributed by atoms with van der Waals surface area (Å²) in [6, 6.07) is 1.90. The number of aromatic nitrogens is 1. The first-order valence-corrected chi connectivity index (χ1v) is 4.45. The zero-order valence-electron chi connectivity index (χ0n) is 7.71. The molecule has 3 heteroatoms. The molecule has 3 nitrogen and oxygen atoms in total. The maximum absolute atomic E-state index is 5.62. The Morgan fingerprint density at radius 3 is 2.92 bits per heavy atom. The maximum atomic E-state index is 5.62. The van der Waals surface area contributed by atoms with E-state index in [9.17, 15) is 0 Å². The van der Waals surface area contributed by atoms with Gasteiger partial charge in [-0.1, -0.05) is 18.5 Å². The Hall–Kier alpha value is -0.830. The van der Waals surface area contributed by atoms with Crippen LogP contribution in [0.2, 0.25) is 0 Å². The van der Waals surface area contributed by atoms with Crippen LogP contribution in [-0.2, 0) is 6.42 Å². The highest BCUT2D eigenvalue weighted by Gasteiger charge is 2.06. The van der Waals surface area contributed by atoms with Gasteiger partial charge in [-0.15, -0.1) is 0 Å². The second-order valence-corrected chi connectivity index (χ2v) is 3.11. The minimum absolute atomic E-state index is 0.0483. The van der Waals surface area contributed by atoms with Gasteiger partial charge in [0.2, 0.25) is 0 Å². The molecule has 1 atom stereocenters. The number of hydrogen-bond donors (Lipinski definition) is 1. The van der Waals surface area contributed by atoms with Crippen molar-refractivity contribution in [1.29, 1.82) is 0 Å². The van der Waals surface area contributed by atoms with Crippen molar-refractivity contribution in [3.05, 3.63) is 17.5 Å². The summed E-state index contributed by atoms with van der Waals surface area (Å²) in [5, 5.41) is 3.92. The Bertz CT molecular complexity index is 230. The first-order chi connectivity index (χ1) is 5.74. The molecule has 0 amide bonds. The van der Waals surface area contributed by atoms with Gasteiger partial charge in [0.15, 0.2) is 5.76 Å². The molecule has 0 aliphatic heterocycles. The van der Waals surface area contributed by atoms with Gasteiger partial charge in [0.1, 0.15) is 0 Å². The predicted molar refractivity (Wildman–Crippen MR) is 47.7 cm³/mol. The summed E-state index contributed by atoms with van der Waals surface area (Å²) >= 11 is 0. The van der Waals surface area contributed by atoms with Crippen molar-refractivity contribution in [3.63, 3.8) is 0 Å². The fourth-order valence-corrected chi connectivity index (χ4v) is 1.02. The summed E-state index contributed by atoms with van der Waals surface area (Å²) in [6.07, 6.45) is 3.33. The molecule has 68 valence electrons. The lowest BCUT2D eigenvalue weighted by atomic mass is 10.2. The van der Waals surface area contributed by atoms with Crippen LogP contribution in [-0.4, -0.2) is 5.16 Å². The van der Waals surface area contributed by atoms with Crippen molar-refractivity contribution in [1.82, 2.24) is 5.16 Å². The lowest BCUT2D eigenvalue weighted by Crippen LogP contribution is -2.02. The zero-order chi connectivity index (χ0) is 8.97. The zero-order valence-corrected chi connectivity index (χ0v) is 7.71. The molecule has 12 heavy (non-hydrogen) atoms. The van der Waals surface area contributed by atoms with Gasteiger partial charge in [-0.25, -0.2) is 0 Å². The summed E-state index contributed by atoms with van der Waals surface area (Å²) in [4.78, 5) is 0. The number of aryl methyl sites for hydroxylation is 1. The number of hydrogen-bond acceptors (Lipinski definition) is 3. The molecular weight excluding hydrogens is 152 g/mol. The highest BCUT2D eigenvalue weighted by Crippen LogP contribution is 2.12. The summed E-state index contributed by atoms with van der Waals surface area (Å²) in [7, 11) is 0. The van der Waals surface area contributed by atoms with Crippen LogP contribution in [0.3, 0.4) is 0 Å². The molecule has 0 aliphatic carbocycles. The molecule has 0 spiro atoms. The van der Waals surface area contributed by atoms with E-state index in [1.807, 2.05) is 13.0 Å². The molecule has 0 bridgehead atoms. The van der Waals surface area contributed by atoms with Crippen molar-refractivity contribution < 1.29 is 4.52 Å². The molecular formula is C9H16N2O. The van der Waals surface area contributed by atoms with Crippen LogP contribution in [0.15, 0.2) is 10.6 Å². The molecule has 0 saturated heterocycles. The van der Waals surface area contributed by atoms with Crippen molar-refractivity contribution in [2.24, 2.45) is 5.73 Å². The smallest absolute Gasteiger partial charge is 0.153 e. The number of unbranched alkanes of at least 4 members (excludes halogenated alkanes) is 1. The second-order valence-electron chi connectivity index (χ2n) is 3.11. The van der Waals surface area contributed by atoms with E-state index in [2.05, 4.69) is 12.1 Å². The summed E-state index contributed by atoms with van der Waals surface area (Å²) in [6.45, 7) is 4.05. The Labute approximate surface area is 72.9 Å². The summed E-state index contributed by atoms with van der Waals surface area (Å²) in [5.41, 5.74) is 6.64. The van der Waals surface area contributed by atoms with E-state index in [1.54, 1.807) is 0 Å². The van der Waals surface area contributed by atoms with Crippen LogP contribution in [0, 0.1) is 0 Å². The van der Waals surface area contributed by atoms with Gasteiger partial charge in [-0.2, -0.15) is 0 Å². The largest absolute Gasteiger partial charge is 0.359 e. The van der Waals surface area contributed by atoms with Gasteiger partial charge in [0, 0.05) is 6.07 Å². The predicted octanol–water partition coefficient (Wildman–Crippen LogP) is 2.04. The average Bonchev–Trinajstić information content (AvgIpc) is 2.48. The molecule has 0 aromatic carbocycles. The van der Waals surface area contributed by atoms with Gasteiger partial charge in [-0.3, -0.25) is 0 Å².